The predicted molar refractivity (Wildman–Crippen MR) is 81.7 cm³/mol. The zero-order valence-corrected chi connectivity index (χ0v) is 12.7. The highest BCUT2D eigenvalue weighted by Crippen LogP contribution is 2.37. The number of rotatable bonds is 5. The van der Waals surface area contributed by atoms with E-state index in [9.17, 15) is 5.11 Å². The van der Waals surface area contributed by atoms with E-state index in [-0.39, 0.29) is 17.9 Å². The zero-order chi connectivity index (χ0) is 14.8. The minimum atomic E-state index is 0.00411. The molecule has 0 amide bonds. The Morgan fingerprint density at radius 1 is 1.30 bits per heavy atom. The van der Waals surface area contributed by atoms with Gasteiger partial charge in [0.05, 0.1) is 6.61 Å². The molecule has 20 heavy (non-hydrogen) atoms. The first-order valence-electron chi connectivity index (χ1n) is 7.46. The fourth-order valence-corrected chi connectivity index (χ4v) is 2.77. The van der Waals surface area contributed by atoms with Crippen LogP contribution in [0.15, 0.2) is 0 Å². The molecule has 1 saturated carbocycles. The van der Waals surface area contributed by atoms with E-state index in [2.05, 4.69) is 29.1 Å². The molecule has 112 valence electrons. The second-order valence-corrected chi connectivity index (χ2v) is 6.31. The molecule has 0 atom stereocenters. The van der Waals surface area contributed by atoms with E-state index in [1.54, 1.807) is 0 Å². The number of anilines is 2. The number of nitrogens with two attached hydrogens (primary N) is 1. The Bertz CT molecular complexity index is 467. The van der Waals surface area contributed by atoms with Gasteiger partial charge in [-0.05, 0) is 19.8 Å². The SMILES string of the molecule is Cc1c(N)nc(C(C)C)nc1NCC1(CO)CCCC1. The third kappa shape index (κ3) is 3.03. The molecule has 1 fully saturated rings. The van der Waals surface area contributed by atoms with Crippen molar-refractivity contribution in [3.8, 4) is 0 Å². The van der Waals surface area contributed by atoms with Crippen molar-refractivity contribution in [3.63, 3.8) is 0 Å². The standard InChI is InChI=1S/C15H26N4O/c1-10(2)13-18-12(16)11(3)14(19-13)17-8-15(9-20)6-4-5-7-15/h10,20H,4-9H2,1-3H3,(H3,16,17,18,19). The molecule has 0 spiro atoms. The molecule has 5 nitrogen and oxygen atoms in total. The average Bonchev–Trinajstić information content (AvgIpc) is 2.89. The van der Waals surface area contributed by atoms with Crippen molar-refractivity contribution in [3.05, 3.63) is 11.4 Å². The van der Waals surface area contributed by atoms with Crippen LogP contribution < -0.4 is 11.1 Å². The maximum Gasteiger partial charge on any atom is 0.135 e. The van der Waals surface area contributed by atoms with Crippen LogP contribution in [-0.4, -0.2) is 28.2 Å². The Kier molecular flexibility index (Phi) is 4.48. The van der Waals surface area contributed by atoms with Crippen LogP contribution in [0.1, 0.15) is 56.8 Å². The maximum atomic E-state index is 9.66. The molecule has 1 aliphatic carbocycles. The zero-order valence-electron chi connectivity index (χ0n) is 12.7. The minimum Gasteiger partial charge on any atom is -0.396 e. The van der Waals surface area contributed by atoms with E-state index < -0.39 is 0 Å². The lowest BCUT2D eigenvalue weighted by Gasteiger charge is -2.27. The lowest BCUT2D eigenvalue weighted by Crippen LogP contribution is -2.31. The second-order valence-electron chi connectivity index (χ2n) is 6.31. The van der Waals surface area contributed by atoms with Gasteiger partial charge in [0.15, 0.2) is 0 Å². The number of nitrogens with one attached hydrogen (secondary N) is 1. The highest BCUT2D eigenvalue weighted by Gasteiger charge is 2.33. The van der Waals surface area contributed by atoms with Gasteiger partial charge in [-0.25, -0.2) is 9.97 Å². The van der Waals surface area contributed by atoms with Crippen LogP contribution in [0.2, 0.25) is 0 Å². The first-order valence-corrected chi connectivity index (χ1v) is 7.46. The molecular formula is C15H26N4O. The van der Waals surface area contributed by atoms with E-state index in [1.807, 2.05) is 6.92 Å². The highest BCUT2D eigenvalue weighted by molar-refractivity contribution is 5.55. The molecule has 4 N–H and O–H groups in total. The maximum absolute atomic E-state index is 9.66. The third-order valence-corrected chi connectivity index (χ3v) is 4.35. The molecule has 0 aliphatic heterocycles. The first-order chi connectivity index (χ1) is 9.47. The number of aliphatic hydroxyl groups is 1. The van der Waals surface area contributed by atoms with Crippen molar-refractivity contribution in [1.29, 1.82) is 0 Å². The summed E-state index contributed by atoms with van der Waals surface area (Å²) in [6.45, 7) is 7.02. The molecule has 0 bridgehead atoms. The molecule has 1 aliphatic rings. The van der Waals surface area contributed by atoms with Gasteiger partial charge in [-0.1, -0.05) is 26.7 Å². The van der Waals surface area contributed by atoms with E-state index >= 15 is 0 Å². The van der Waals surface area contributed by atoms with Crippen molar-refractivity contribution in [2.75, 3.05) is 24.2 Å². The van der Waals surface area contributed by atoms with E-state index in [0.29, 0.717) is 5.82 Å². The fourth-order valence-electron chi connectivity index (χ4n) is 2.77. The van der Waals surface area contributed by atoms with Crippen molar-refractivity contribution in [1.82, 2.24) is 9.97 Å². The Balaban J connectivity index is 2.16. The van der Waals surface area contributed by atoms with Crippen LogP contribution in [0.4, 0.5) is 11.6 Å². The van der Waals surface area contributed by atoms with Crippen molar-refractivity contribution < 1.29 is 5.11 Å². The normalized spacial score (nSPS) is 17.6. The van der Waals surface area contributed by atoms with Gasteiger partial charge in [0.1, 0.15) is 17.5 Å². The summed E-state index contributed by atoms with van der Waals surface area (Å²) in [6.07, 6.45) is 4.55. The van der Waals surface area contributed by atoms with Gasteiger partial charge >= 0.3 is 0 Å². The van der Waals surface area contributed by atoms with Gasteiger partial charge in [-0.3, -0.25) is 0 Å². The van der Waals surface area contributed by atoms with Crippen LogP contribution in [-0.2, 0) is 0 Å². The van der Waals surface area contributed by atoms with Crippen molar-refractivity contribution in [2.45, 2.75) is 52.4 Å². The Hall–Kier alpha value is -1.36. The van der Waals surface area contributed by atoms with Crippen LogP contribution in [0.3, 0.4) is 0 Å². The molecule has 1 aromatic heterocycles. The van der Waals surface area contributed by atoms with E-state index in [0.717, 1.165) is 36.6 Å². The van der Waals surface area contributed by atoms with Crippen LogP contribution in [0, 0.1) is 12.3 Å². The molecular weight excluding hydrogens is 252 g/mol. The van der Waals surface area contributed by atoms with Crippen LogP contribution in [0.5, 0.6) is 0 Å². The third-order valence-electron chi connectivity index (χ3n) is 4.35. The summed E-state index contributed by atoms with van der Waals surface area (Å²) in [5.41, 5.74) is 6.86. The largest absolute Gasteiger partial charge is 0.396 e. The number of nitrogens with zero attached hydrogens (tertiary/aromatic N) is 2. The summed E-state index contributed by atoms with van der Waals surface area (Å²) in [5, 5.41) is 13.1. The predicted octanol–water partition coefficient (Wildman–Crippen LogP) is 2.46. The van der Waals surface area contributed by atoms with E-state index in [1.165, 1.54) is 12.8 Å². The Labute approximate surface area is 121 Å². The monoisotopic (exact) mass is 278 g/mol. The van der Waals surface area contributed by atoms with Gasteiger partial charge in [-0.2, -0.15) is 0 Å². The van der Waals surface area contributed by atoms with Crippen LogP contribution in [0.25, 0.3) is 0 Å². The summed E-state index contributed by atoms with van der Waals surface area (Å²) < 4.78 is 0. The average molecular weight is 278 g/mol. The van der Waals surface area contributed by atoms with Gasteiger partial charge < -0.3 is 16.2 Å². The van der Waals surface area contributed by atoms with Gasteiger partial charge in [0.25, 0.3) is 0 Å². The molecule has 0 radical (unpaired) electrons. The number of nitrogen functional groups attached to an aromatic ring is 1. The van der Waals surface area contributed by atoms with Gasteiger partial charge in [-0.15, -0.1) is 0 Å². The van der Waals surface area contributed by atoms with Crippen molar-refractivity contribution in [2.24, 2.45) is 5.41 Å². The molecule has 0 aromatic carbocycles. The summed E-state index contributed by atoms with van der Waals surface area (Å²) >= 11 is 0. The van der Waals surface area contributed by atoms with Crippen LogP contribution >= 0.6 is 0 Å². The summed E-state index contributed by atoms with van der Waals surface area (Å²) in [5.74, 6) is 2.35. The van der Waals surface area contributed by atoms with Gasteiger partial charge in [0.2, 0.25) is 0 Å². The fraction of sp³-hybridized carbons (Fsp3) is 0.733. The number of hydrogen-bond acceptors (Lipinski definition) is 5. The first kappa shape index (κ1) is 15.0. The van der Waals surface area contributed by atoms with E-state index in [4.69, 9.17) is 5.73 Å². The summed E-state index contributed by atoms with van der Waals surface area (Å²) in [4.78, 5) is 8.90. The van der Waals surface area contributed by atoms with Crippen molar-refractivity contribution >= 4 is 11.6 Å². The lowest BCUT2D eigenvalue weighted by molar-refractivity contribution is 0.142. The molecule has 1 aromatic rings. The summed E-state index contributed by atoms with van der Waals surface area (Å²) in [6, 6.07) is 0. The number of aliphatic hydroxyl groups excluding tert-OH is 1. The number of hydrogen-bond donors (Lipinski definition) is 3. The topological polar surface area (TPSA) is 84.1 Å². The van der Waals surface area contributed by atoms with Gasteiger partial charge in [0, 0.05) is 23.4 Å². The Morgan fingerprint density at radius 3 is 2.50 bits per heavy atom. The highest BCUT2D eigenvalue weighted by atomic mass is 16.3. The number of aromatic nitrogens is 2. The molecule has 5 heteroatoms. The Morgan fingerprint density at radius 2 is 1.95 bits per heavy atom. The minimum absolute atomic E-state index is 0.00411. The quantitative estimate of drug-likeness (QED) is 0.770. The second kappa shape index (κ2) is 5.95. The summed E-state index contributed by atoms with van der Waals surface area (Å²) in [7, 11) is 0. The smallest absolute Gasteiger partial charge is 0.135 e. The lowest BCUT2D eigenvalue weighted by atomic mass is 9.87. The molecule has 0 unspecified atom stereocenters. The molecule has 2 rings (SSSR count). The molecule has 0 saturated heterocycles. The molecule has 1 heterocycles.